The lowest BCUT2D eigenvalue weighted by Gasteiger charge is -1.61. The van der Waals surface area contributed by atoms with Gasteiger partial charge in [-0.15, -0.1) is 0 Å². The van der Waals surface area contributed by atoms with Gasteiger partial charge in [0.1, 0.15) is 0 Å². The number of hydrogen-bond donors (Lipinski definition) is 0. The first-order valence-corrected chi connectivity index (χ1v) is 1.82. The summed E-state index contributed by atoms with van der Waals surface area (Å²) in [4.78, 5) is 0. The van der Waals surface area contributed by atoms with Crippen molar-refractivity contribution in [2.24, 2.45) is 0 Å². The van der Waals surface area contributed by atoms with E-state index in [1.54, 1.807) is 14.2 Å². The summed E-state index contributed by atoms with van der Waals surface area (Å²) >= 11 is 0. The third-order valence-electron chi connectivity index (χ3n) is 0. The van der Waals surface area contributed by atoms with Crippen LogP contribution in [0, 0.1) is 0 Å². The third-order valence-corrected chi connectivity index (χ3v) is 0. The predicted octanol–water partition coefficient (Wildman–Crippen LogP) is 2.56. The molecule has 0 unspecified atom stereocenters. The average Bonchev–Trinajstić information content (AvgIpc) is 1.46. The van der Waals surface area contributed by atoms with Gasteiger partial charge in [0.25, 0.3) is 0 Å². The van der Waals surface area contributed by atoms with E-state index in [1.165, 1.54) is 0 Å². The van der Waals surface area contributed by atoms with Crippen LogP contribution in [0.1, 0.15) is 28.7 Å². The first kappa shape index (κ1) is 28.2. The van der Waals surface area contributed by atoms with Gasteiger partial charge in [-0.3, -0.25) is 0 Å². The van der Waals surface area contributed by atoms with Crippen LogP contribution in [0.25, 0.3) is 0 Å². The molecular weight excluding hydrogens is 88.1 g/mol. The maximum absolute atomic E-state index is 4.25. The van der Waals surface area contributed by atoms with Crippen molar-refractivity contribution >= 4 is 0 Å². The SMILES string of the molecule is C.C.CC.COC. The van der Waals surface area contributed by atoms with Gasteiger partial charge in [-0.1, -0.05) is 28.7 Å². The van der Waals surface area contributed by atoms with Crippen LogP contribution in [0.3, 0.4) is 0 Å². The summed E-state index contributed by atoms with van der Waals surface area (Å²) < 4.78 is 4.25. The summed E-state index contributed by atoms with van der Waals surface area (Å²) in [5.41, 5.74) is 0. The Balaban J connectivity index is -0.0000000105. The molecule has 0 aromatic heterocycles. The highest BCUT2D eigenvalue weighted by Gasteiger charge is 1.25. The molecule has 0 amide bonds. The lowest BCUT2D eigenvalue weighted by molar-refractivity contribution is 0.277. The van der Waals surface area contributed by atoms with Crippen molar-refractivity contribution in [1.29, 1.82) is 0 Å². The Labute approximate surface area is 48.7 Å². The van der Waals surface area contributed by atoms with Crippen LogP contribution < -0.4 is 0 Å². The highest BCUT2D eigenvalue weighted by atomic mass is 16.4. The van der Waals surface area contributed by atoms with E-state index in [1.807, 2.05) is 13.8 Å². The van der Waals surface area contributed by atoms with Crippen molar-refractivity contribution in [2.75, 3.05) is 14.2 Å². The average molecular weight is 108 g/mol. The van der Waals surface area contributed by atoms with Crippen molar-refractivity contribution in [1.82, 2.24) is 0 Å². The van der Waals surface area contributed by atoms with Crippen LogP contribution in [0.4, 0.5) is 0 Å². The van der Waals surface area contributed by atoms with Gasteiger partial charge in [0.2, 0.25) is 0 Å². The van der Waals surface area contributed by atoms with Gasteiger partial charge in [0.15, 0.2) is 0 Å². The van der Waals surface area contributed by atoms with Gasteiger partial charge in [0.05, 0.1) is 0 Å². The lowest BCUT2D eigenvalue weighted by atomic mass is 11.0. The zero-order valence-electron chi connectivity index (χ0n) is 4.41. The van der Waals surface area contributed by atoms with Gasteiger partial charge in [-0.25, -0.2) is 0 Å². The van der Waals surface area contributed by atoms with Gasteiger partial charge in [0, 0.05) is 14.2 Å². The van der Waals surface area contributed by atoms with E-state index in [-0.39, 0.29) is 14.9 Å². The molecule has 0 aliphatic carbocycles. The molecule has 0 aromatic carbocycles. The summed E-state index contributed by atoms with van der Waals surface area (Å²) in [6, 6.07) is 0. The topological polar surface area (TPSA) is 9.23 Å². The van der Waals surface area contributed by atoms with Crippen molar-refractivity contribution in [3.05, 3.63) is 0 Å². The fraction of sp³-hybridized carbons (Fsp3) is 1.00. The van der Waals surface area contributed by atoms with Crippen LogP contribution >= 0.6 is 0 Å². The zero-order valence-corrected chi connectivity index (χ0v) is 4.41. The molecule has 0 heterocycles. The molecule has 0 saturated heterocycles. The molecule has 0 saturated carbocycles. The Hall–Kier alpha value is -0.0400. The third kappa shape index (κ3) is 58400. The first-order chi connectivity index (χ1) is 2.41. The van der Waals surface area contributed by atoms with Crippen molar-refractivity contribution in [3.63, 3.8) is 0 Å². The van der Waals surface area contributed by atoms with E-state index >= 15 is 0 Å². The minimum Gasteiger partial charge on any atom is -0.388 e. The Morgan fingerprint density at radius 1 is 0.857 bits per heavy atom. The van der Waals surface area contributed by atoms with E-state index < -0.39 is 0 Å². The van der Waals surface area contributed by atoms with Crippen LogP contribution in [-0.2, 0) is 4.74 Å². The number of ether oxygens (including phenoxy) is 1. The number of rotatable bonds is 0. The molecule has 7 heavy (non-hydrogen) atoms. The number of hydrogen-bond acceptors (Lipinski definition) is 1. The van der Waals surface area contributed by atoms with Crippen LogP contribution in [0.5, 0.6) is 0 Å². The summed E-state index contributed by atoms with van der Waals surface area (Å²) in [5.74, 6) is 0. The minimum absolute atomic E-state index is 0. The molecular formula is C6H20O. The first-order valence-electron chi connectivity index (χ1n) is 1.82. The normalized spacial score (nSPS) is 3.43. The van der Waals surface area contributed by atoms with E-state index in [0.29, 0.717) is 0 Å². The van der Waals surface area contributed by atoms with Crippen molar-refractivity contribution in [2.45, 2.75) is 28.7 Å². The molecule has 0 fully saturated rings. The predicted molar refractivity (Wildman–Crippen MR) is 37.7 cm³/mol. The van der Waals surface area contributed by atoms with E-state index in [0.717, 1.165) is 0 Å². The second-order valence-corrected chi connectivity index (χ2v) is 0.408. The molecule has 1 heteroatoms. The van der Waals surface area contributed by atoms with E-state index in [2.05, 4.69) is 4.74 Å². The number of methoxy groups -OCH3 is 1. The maximum atomic E-state index is 4.25. The van der Waals surface area contributed by atoms with Gasteiger partial charge < -0.3 is 4.74 Å². The Bertz CT molecular complexity index is 4.14. The molecule has 50 valence electrons. The van der Waals surface area contributed by atoms with Crippen LogP contribution in [0.15, 0.2) is 0 Å². The molecule has 0 radical (unpaired) electrons. The fourth-order valence-corrected chi connectivity index (χ4v) is 0. The molecule has 0 aliphatic heterocycles. The van der Waals surface area contributed by atoms with Crippen LogP contribution in [0.2, 0.25) is 0 Å². The zero-order chi connectivity index (χ0) is 4.71. The Morgan fingerprint density at radius 2 is 0.857 bits per heavy atom. The summed E-state index contributed by atoms with van der Waals surface area (Å²) in [6.45, 7) is 4.00. The minimum atomic E-state index is 0. The highest BCUT2D eigenvalue weighted by molar-refractivity contribution is 3.56. The van der Waals surface area contributed by atoms with Gasteiger partial charge in [-0.2, -0.15) is 0 Å². The summed E-state index contributed by atoms with van der Waals surface area (Å²) in [6.07, 6.45) is 0. The highest BCUT2D eigenvalue weighted by Crippen LogP contribution is 1.28. The lowest BCUT2D eigenvalue weighted by Crippen LogP contribution is -1.55. The van der Waals surface area contributed by atoms with E-state index in [4.69, 9.17) is 0 Å². The van der Waals surface area contributed by atoms with Gasteiger partial charge in [-0.05, 0) is 0 Å². The molecule has 0 spiro atoms. The van der Waals surface area contributed by atoms with Crippen LogP contribution in [-0.4, -0.2) is 14.2 Å². The Morgan fingerprint density at radius 3 is 0.857 bits per heavy atom. The summed E-state index contributed by atoms with van der Waals surface area (Å²) in [7, 11) is 3.25. The molecule has 0 aliphatic rings. The van der Waals surface area contributed by atoms with Crippen molar-refractivity contribution in [3.8, 4) is 0 Å². The molecule has 0 N–H and O–H groups in total. The second kappa shape index (κ2) is 159. The van der Waals surface area contributed by atoms with E-state index in [9.17, 15) is 0 Å². The molecule has 0 bridgehead atoms. The fourth-order valence-electron chi connectivity index (χ4n) is 0. The summed E-state index contributed by atoms with van der Waals surface area (Å²) in [5, 5.41) is 0. The molecule has 0 rings (SSSR count). The molecule has 0 aromatic rings. The van der Waals surface area contributed by atoms with Gasteiger partial charge >= 0.3 is 0 Å². The Kier molecular flexibility index (Phi) is 641. The molecule has 0 atom stereocenters. The monoisotopic (exact) mass is 108 g/mol. The quantitative estimate of drug-likeness (QED) is 0.463. The maximum Gasteiger partial charge on any atom is 0.0351 e. The largest absolute Gasteiger partial charge is 0.388 e. The van der Waals surface area contributed by atoms with Crippen molar-refractivity contribution < 1.29 is 4.74 Å². The standard InChI is InChI=1S/C2H6O.C2H6.2CH4/c1-3-2;1-2;;/h1-2H3;1-2H3;2*1H4. The second-order valence-electron chi connectivity index (χ2n) is 0.408. The smallest absolute Gasteiger partial charge is 0.0351 e. The molecule has 1 nitrogen and oxygen atoms in total.